The molecule has 0 saturated carbocycles. The molecule has 1 unspecified atom stereocenters. The molecule has 0 bridgehead atoms. The van der Waals surface area contributed by atoms with Gasteiger partial charge in [0.2, 0.25) is 6.35 Å². The number of anilines is 2. The number of hydrogen-bond donors (Lipinski definition) is 4. The molecule has 1 saturated heterocycles. The fraction of sp³-hybridized carbons (Fsp3) is 0.414. The zero-order chi connectivity index (χ0) is 27.6. The summed E-state index contributed by atoms with van der Waals surface area (Å²) in [4.78, 5) is 26.0. The highest BCUT2D eigenvalue weighted by Crippen LogP contribution is 2.27. The molecule has 1 amide bonds. The van der Waals surface area contributed by atoms with Crippen molar-refractivity contribution >= 4 is 17.4 Å². The predicted octanol–water partition coefficient (Wildman–Crippen LogP) is 2.92. The van der Waals surface area contributed by atoms with E-state index in [9.17, 15) is 9.90 Å². The van der Waals surface area contributed by atoms with E-state index in [-0.39, 0.29) is 11.9 Å². The highest BCUT2D eigenvalue weighted by atomic mass is 16.5. The first kappa shape index (κ1) is 28.3. The summed E-state index contributed by atoms with van der Waals surface area (Å²) in [6.07, 6.45) is 3.76. The van der Waals surface area contributed by atoms with Crippen molar-refractivity contribution in [1.29, 1.82) is 0 Å². The van der Waals surface area contributed by atoms with Gasteiger partial charge in [-0.3, -0.25) is 14.7 Å². The van der Waals surface area contributed by atoms with Crippen molar-refractivity contribution in [1.82, 2.24) is 25.1 Å². The van der Waals surface area contributed by atoms with Crippen LogP contribution in [-0.4, -0.2) is 83.5 Å². The molecule has 4 rings (SSSR count). The van der Waals surface area contributed by atoms with Gasteiger partial charge in [-0.1, -0.05) is 30.3 Å². The van der Waals surface area contributed by atoms with Gasteiger partial charge in [0.25, 0.3) is 5.91 Å². The minimum Gasteiger partial charge on any atom is -0.491 e. The third kappa shape index (κ3) is 8.91. The molecular formula is C29H39N7O3. The summed E-state index contributed by atoms with van der Waals surface area (Å²) in [5.41, 5.74) is 3.13. The molecule has 208 valence electrons. The quantitative estimate of drug-likeness (QED) is 0.194. The fourth-order valence-corrected chi connectivity index (χ4v) is 4.46. The van der Waals surface area contributed by atoms with Crippen molar-refractivity contribution in [3.05, 3.63) is 77.7 Å². The van der Waals surface area contributed by atoms with E-state index >= 15 is 0 Å². The number of carbonyl (C=O) groups excluding carboxylic acids is 1. The van der Waals surface area contributed by atoms with Crippen LogP contribution in [0.5, 0.6) is 5.75 Å². The SMILES string of the molecule is Cc1cnc(NC(O)Nc2ccc(C(=O)N[C@H]3CCN(Cc4ccccc4)C3)cc2OCCCN(C)C)cn1. The Balaban J connectivity index is 1.38. The summed E-state index contributed by atoms with van der Waals surface area (Å²) in [7, 11) is 4.02. The summed E-state index contributed by atoms with van der Waals surface area (Å²) in [5, 5.41) is 19.6. The Morgan fingerprint density at radius 3 is 2.72 bits per heavy atom. The summed E-state index contributed by atoms with van der Waals surface area (Å²) in [6.45, 7) is 5.83. The lowest BCUT2D eigenvalue weighted by Gasteiger charge is -2.20. The van der Waals surface area contributed by atoms with Crippen molar-refractivity contribution in [3.8, 4) is 5.75 Å². The third-order valence-corrected chi connectivity index (χ3v) is 6.47. The van der Waals surface area contributed by atoms with Crippen LogP contribution in [0.1, 0.15) is 34.5 Å². The van der Waals surface area contributed by atoms with Gasteiger partial charge in [-0.05, 0) is 57.6 Å². The van der Waals surface area contributed by atoms with Gasteiger partial charge in [0, 0.05) is 37.8 Å². The average molecular weight is 534 g/mol. The molecular weight excluding hydrogens is 494 g/mol. The minimum atomic E-state index is -1.14. The second-order valence-electron chi connectivity index (χ2n) is 10.1. The van der Waals surface area contributed by atoms with E-state index in [1.54, 1.807) is 30.6 Å². The van der Waals surface area contributed by atoms with Crippen LogP contribution in [-0.2, 0) is 6.54 Å². The van der Waals surface area contributed by atoms with Crippen LogP contribution in [0.3, 0.4) is 0 Å². The lowest BCUT2D eigenvalue weighted by atomic mass is 10.1. The maximum Gasteiger partial charge on any atom is 0.251 e. The van der Waals surface area contributed by atoms with E-state index in [2.05, 4.69) is 60.0 Å². The van der Waals surface area contributed by atoms with Crippen molar-refractivity contribution in [2.24, 2.45) is 0 Å². The maximum absolute atomic E-state index is 13.2. The molecule has 10 heteroatoms. The number of amides is 1. The van der Waals surface area contributed by atoms with Gasteiger partial charge in [0.1, 0.15) is 11.6 Å². The second-order valence-corrected chi connectivity index (χ2v) is 10.1. The van der Waals surface area contributed by atoms with E-state index in [1.165, 1.54) is 5.56 Å². The van der Waals surface area contributed by atoms with E-state index in [0.717, 1.165) is 44.7 Å². The van der Waals surface area contributed by atoms with Gasteiger partial charge in [-0.2, -0.15) is 0 Å². The van der Waals surface area contributed by atoms with Crippen molar-refractivity contribution in [2.45, 2.75) is 38.7 Å². The number of aliphatic hydroxyl groups is 1. The highest BCUT2D eigenvalue weighted by Gasteiger charge is 2.24. The molecule has 2 aromatic carbocycles. The Morgan fingerprint density at radius 1 is 1.15 bits per heavy atom. The Kier molecular flexibility index (Phi) is 10.1. The molecule has 0 aliphatic carbocycles. The molecule has 39 heavy (non-hydrogen) atoms. The highest BCUT2D eigenvalue weighted by molar-refractivity contribution is 5.95. The number of nitrogens with zero attached hydrogens (tertiary/aromatic N) is 4. The van der Waals surface area contributed by atoms with Crippen LogP contribution in [0, 0.1) is 6.92 Å². The standard InChI is InChI=1S/C29H39N7O3/c1-21-17-31-27(18-30-21)34-29(38)33-25-11-10-23(16-26(25)39-15-7-13-35(2)3)28(37)32-24-12-14-36(20-24)19-22-8-5-4-6-9-22/h4-6,8-11,16-18,24,29,33,38H,7,12-15,19-20H2,1-3H3,(H,31,34)(H,32,37)/t24-,29?/m0/s1. The number of aromatic nitrogens is 2. The number of rotatable bonds is 13. The number of aliphatic hydroxyl groups excluding tert-OH is 1. The fourth-order valence-electron chi connectivity index (χ4n) is 4.46. The maximum atomic E-state index is 13.2. The minimum absolute atomic E-state index is 0.0881. The molecule has 1 fully saturated rings. The predicted molar refractivity (Wildman–Crippen MR) is 153 cm³/mol. The normalized spacial score (nSPS) is 16.2. The zero-order valence-electron chi connectivity index (χ0n) is 22.9. The number of carbonyl (C=O) groups is 1. The summed E-state index contributed by atoms with van der Waals surface area (Å²) in [6, 6.07) is 15.7. The number of likely N-dealkylation sites (tertiary alicyclic amines) is 1. The molecule has 2 atom stereocenters. The topological polar surface area (TPSA) is 115 Å². The van der Waals surface area contributed by atoms with Crippen LogP contribution in [0.4, 0.5) is 11.5 Å². The molecule has 1 aromatic heterocycles. The average Bonchev–Trinajstić information content (AvgIpc) is 3.35. The van der Waals surface area contributed by atoms with Crippen LogP contribution in [0.25, 0.3) is 0 Å². The van der Waals surface area contributed by atoms with Gasteiger partial charge in [-0.15, -0.1) is 0 Å². The van der Waals surface area contributed by atoms with Gasteiger partial charge >= 0.3 is 0 Å². The third-order valence-electron chi connectivity index (χ3n) is 6.47. The van der Waals surface area contributed by atoms with Crippen LogP contribution < -0.4 is 20.7 Å². The van der Waals surface area contributed by atoms with E-state index in [0.29, 0.717) is 29.4 Å². The van der Waals surface area contributed by atoms with E-state index in [4.69, 9.17) is 4.74 Å². The number of benzene rings is 2. The zero-order valence-corrected chi connectivity index (χ0v) is 22.9. The van der Waals surface area contributed by atoms with Crippen LogP contribution in [0.2, 0.25) is 0 Å². The van der Waals surface area contributed by atoms with Gasteiger partial charge in [0.15, 0.2) is 0 Å². The summed E-state index contributed by atoms with van der Waals surface area (Å²) < 4.78 is 6.05. The molecule has 0 radical (unpaired) electrons. The first-order valence-electron chi connectivity index (χ1n) is 13.3. The van der Waals surface area contributed by atoms with E-state index < -0.39 is 6.35 Å². The van der Waals surface area contributed by atoms with Crippen molar-refractivity contribution in [2.75, 3.05) is 51.0 Å². The molecule has 2 heterocycles. The summed E-state index contributed by atoms with van der Waals surface area (Å²) in [5.74, 6) is 0.789. The first-order valence-corrected chi connectivity index (χ1v) is 13.3. The number of ether oxygens (including phenoxy) is 1. The first-order chi connectivity index (χ1) is 18.9. The van der Waals surface area contributed by atoms with Gasteiger partial charge < -0.3 is 30.7 Å². The molecule has 0 spiro atoms. The number of aryl methyl sites for hydroxylation is 1. The Hall–Kier alpha value is -3.73. The molecule has 3 aromatic rings. The number of nitrogens with one attached hydrogen (secondary N) is 3. The van der Waals surface area contributed by atoms with Crippen LogP contribution >= 0.6 is 0 Å². The molecule has 1 aliphatic rings. The second kappa shape index (κ2) is 13.9. The largest absolute Gasteiger partial charge is 0.491 e. The molecule has 1 aliphatic heterocycles. The Morgan fingerprint density at radius 2 is 1.97 bits per heavy atom. The lowest BCUT2D eigenvalue weighted by Crippen LogP contribution is -2.37. The van der Waals surface area contributed by atoms with Crippen molar-refractivity contribution in [3.63, 3.8) is 0 Å². The van der Waals surface area contributed by atoms with Gasteiger partial charge in [-0.25, -0.2) is 4.98 Å². The monoisotopic (exact) mass is 533 g/mol. The van der Waals surface area contributed by atoms with E-state index in [1.807, 2.05) is 27.1 Å². The Bertz CT molecular complexity index is 1190. The van der Waals surface area contributed by atoms with Crippen LogP contribution in [0.15, 0.2) is 60.9 Å². The Labute approximate surface area is 230 Å². The van der Waals surface area contributed by atoms with Gasteiger partial charge in [0.05, 0.1) is 30.4 Å². The smallest absolute Gasteiger partial charge is 0.251 e. The molecule has 4 N–H and O–H groups in total. The lowest BCUT2D eigenvalue weighted by molar-refractivity contribution is 0.0937. The number of hydrogen-bond acceptors (Lipinski definition) is 9. The molecule has 10 nitrogen and oxygen atoms in total. The summed E-state index contributed by atoms with van der Waals surface area (Å²) >= 11 is 0. The van der Waals surface area contributed by atoms with Crippen molar-refractivity contribution < 1.29 is 14.6 Å².